The Morgan fingerprint density at radius 1 is 1.05 bits per heavy atom. The average Bonchev–Trinajstić information content (AvgIpc) is 2.46. The zero-order valence-corrected chi connectivity index (χ0v) is 13.6. The molecule has 2 aromatic carbocycles. The van der Waals surface area contributed by atoms with E-state index in [2.05, 4.69) is 21.2 Å². The van der Waals surface area contributed by atoms with E-state index in [4.69, 9.17) is 21.1 Å². The van der Waals surface area contributed by atoms with E-state index in [1.807, 2.05) is 30.3 Å². The van der Waals surface area contributed by atoms with Crippen LogP contribution in [0.2, 0.25) is 5.02 Å². The van der Waals surface area contributed by atoms with Gasteiger partial charge in [0, 0.05) is 28.3 Å². The van der Waals surface area contributed by atoms with Crippen LogP contribution in [0.3, 0.4) is 0 Å². The van der Waals surface area contributed by atoms with Crippen molar-refractivity contribution >= 4 is 33.2 Å². The summed E-state index contributed by atoms with van der Waals surface area (Å²) in [6.07, 6.45) is 0. The first-order valence-electron chi connectivity index (χ1n) is 6.04. The second-order valence-corrected chi connectivity index (χ2v) is 5.48. The van der Waals surface area contributed by atoms with Gasteiger partial charge in [0.25, 0.3) is 0 Å². The molecule has 0 aliphatic rings. The van der Waals surface area contributed by atoms with Crippen molar-refractivity contribution in [2.24, 2.45) is 0 Å². The Morgan fingerprint density at radius 3 is 2.50 bits per heavy atom. The molecule has 0 aliphatic heterocycles. The average molecular weight is 357 g/mol. The van der Waals surface area contributed by atoms with Gasteiger partial charge in [-0.1, -0.05) is 27.5 Å². The molecule has 0 unspecified atom stereocenters. The van der Waals surface area contributed by atoms with E-state index < -0.39 is 0 Å². The summed E-state index contributed by atoms with van der Waals surface area (Å²) in [5.41, 5.74) is 2.00. The lowest BCUT2D eigenvalue weighted by atomic mass is 10.2. The largest absolute Gasteiger partial charge is 0.496 e. The third kappa shape index (κ3) is 3.58. The van der Waals surface area contributed by atoms with Gasteiger partial charge in [0.15, 0.2) is 0 Å². The van der Waals surface area contributed by atoms with Crippen molar-refractivity contribution in [3.05, 3.63) is 51.5 Å². The van der Waals surface area contributed by atoms with Crippen LogP contribution in [-0.2, 0) is 6.54 Å². The van der Waals surface area contributed by atoms with E-state index in [9.17, 15) is 0 Å². The van der Waals surface area contributed by atoms with Gasteiger partial charge in [-0.05, 0) is 30.3 Å². The molecule has 0 spiro atoms. The van der Waals surface area contributed by atoms with E-state index in [0.29, 0.717) is 17.3 Å². The first kappa shape index (κ1) is 15.0. The molecule has 0 fully saturated rings. The molecule has 0 amide bonds. The lowest BCUT2D eigenvalue weighted by molar-refractivity contribution is 0.410. The van der Waals surface area contributed by atoms with Gasteiger partial charge in [0.1, 0.15) is 11.5 Å². The Morgan fingerprint density at radius 2 is 1.80 bits per heavy atom. The third-order valence-electron chi connectivity index (χ3n) is 2.88. The molecule has 0 saturated carbocycles. The van der Waals surface area contributed by atoms with Crippen LogP contribution < -0.4 is 14.8 Å². The molecular formula is C15H15BrClNO2. The molecule has 2 aromatic rings. The lowest BCUT2D eigenvalue weighted by Crippen LogP contribution is -2.02. The van der Waals surface area contributed by atoms with Gasteiger partial charge in [-0.3, -0.25) is 0 Å². The van der Waals surface area contributed by atoms with Crippen molar-refractivity contribution < 1.29 is 9.47 Å². The molecule has 106 valence electrons. The summed E-state index contributed by atoms with van der Waals surface area (Å²) in [5, 5.41) is 3.92. The van der Waals surface area contributed by atoms with Crippen LogP contribution in [0.4, 0.5) is 5.69 Å². The summed E-state index contributed by atoms with van der Waals surface area (Å²) in [4.78, 5) is 0. The topological polar surface area (TPSA) is 30.5 Å². The minimum Gasteiger partial charge on any atom is -0.496 e. The van der Waals surface area contributed by atoms with Crippen LogP contribution in [0.15, 0.2) is 40.9 Å². The van der Waals surface area contributed by atoms with Crippen molar-refractivity contribution in [1.82, 2.24) is 0 Å². The number of benzene rings is 2. The standard InChI is InChI=1S/C15H15BrClNO2/c1-19-14-6-3-11(16)7-10(14)9-18-12-4-5-13(17)15(8-12)20-2/h3-8,18H,9H2,1-2H3. The van der Waals surface area contributed by atoms with Crippen molar-refractivity contribution in [3.8, 4) is 11.5 Å². The molecule has 0 bridgehead atoms. The summed E-state index contributed by atoms with van der Waals surface area (Å²) in [6.45, 7) is 0.646. The summed E-state index contributed by atoms with van der Waals surface area (Å²) in [5.74, 6) is 1.50. The van der Waals surface area contributed by atoms with Gasteiger partial charge in [-0.2, -0.15) is 0 Å². The summed E-state index contributed by atoms with van der Waals surface area (Å²) in [7, 11) is 3.26. The minimum atomic E-state index is 0.595. The molecule has 0 atom stereocenters. The number of hydrogen-bond acceptors (Lipinski definition) is 3. The maximum absolute atomic E-state index is 6.00. The molecule has 20 heavy (non-hydrogen) atoms. The second kappa shape index (κ2) is 6.86. The Hall–Kier alpha value is -1.39. The molecule has 5 heteroatoms. The van der Waals surface area contributed by atoms with Crippen LogP contribution in [0.1, 0.15) is 5.56 Å². The van der Waals surface area contributed by atoms with Crippen LogP contribution in [0, 0.1) is 0 Å². The predicted molar refractivity (Wildman–Crippen MR) is 86.0 cm³/mol. The molecule has 1 N–H and O–H groups in total. The second-order valence-electron chi connectivity index (χ2n) is 4.16. The highest BCUT2D eigenvalue weighted by atomic mass is 79.9. The first-order chi connectivity index (χ1) is 9.63. The van der Waals surface area contributed by atoms with Crippen molar-refractivity contribution in [2.45, 2.75) is 6.54 Å². The molecule has 2 rings (SSSR count). The van der Waals surface area contributed by atoms with Crippen LogP contribution in [0.5, 0.6) is 11.5 Å². The minimum absolute atomic E-state index is 0.595. The highest BCUT2D eigenvalue weighted by molar-refractivity contribution is 9.10. The van der Waals surface area contributed by atoms with Gasteiger partial charge < -0.3 is 14.8 Å². The van der Waals surface area contributed by atoms with Gasteiger partial charge >= 0.3 is 0 Å². The van der Waals surface area contributed by atoms with E-state index >= 15 is 0 Å². The van der Waals surface area contributed by atoms with Crippen molar-refractivity contribution in [3.63, 3.8) is 0 Å². The molecular weight excluding hydrogens is 342 g/mol. The zero-order valence-electron chi connectivity index (χ0n) is 11.2. The highest BCUT2D eigenvalue weighted by Gasteiger charge is 2.05. The van der Waals surface area contributed by atoms with E-state index in [-0.39, 0.29) is 0 Å². The molecule has 0 saturated heterocycles. The smallest absolute Gasteiger partial charge is 0.139 e. The van der Waals surface area contributed by atoms with Gasteiger partial charge in [-0.25, -0.2) is 0 Å². The van der Waals surface area contributed by atoms with Gasteiger partial charge in [0.05, 0.1) is 19.2 Å². The fourth-order valence-electron chi connectivity index (χ4n) is 1.85. The maximum Gasteiger partial charge on any atom is 0.139 e. The summed E-state index contributed by atoms with van der Waals surface area (Å²) < 4.78 is 11.6. The van der Waals surface area contributed by atoms with Crippen molar-refractivity contribution in [2.75, 3.05) is 19.5 Å². The predicted octanol–water partition coefficient (Wildman–Crippen LogP) is 4.73. The number of rotatable bonds is 5. The highest BCUT2D eigenvalue weighted by Crippen LogP contribution is 2.28. The Balaban J connectivity index is 2.14. The lowest BCUT2D eigenvalue weighted by Gasteiger charge is -2.12. The van der Waals surface area contributed by atoms with Crippen molar-refractivity contribution in [1.29, 1.82) is 0 Å². The van der Waals surface area contributed by atoms with Gasteiger partial charge in [0.2, 0.25) is 0 Å². The number of methoxy groups -OCH3 is 2. The van der Waals surface area contributed by atoms with Gasteiger partial charge in [-0.15, -0.1) is 0 Å². The summed E-state index contributed by atoms with van der Waals surface area (Å²) in [6, 6.07) is 11.5. The van der Waals surface area contributed by atoms with Crippen LogP contribution in [-0.4, -0.2) is 14.2 Å². The molecule has 0 aromatic heterocycles. The molecule has 0 heterocycles. The normalized spacial score (nSPS) is 10.2. The number of hydrogen-bond donors (Lipinski definition) is 1. The number of anilines is 1. The van der Waals surface area contributed by atoms with Crippen LogP contribution in [0.25, 0.3) is 0 Å². The van der Waals surface area contributed by atoms with E-state index in [1.165, 1.54) is 0 Å². The SMILES string of the molecule is COc1cc(NCc2cc(Br)ccc2OC)ccc1Cl. The quantitative estimate of drug-likeness (QED) is 0.840. The number of nitrogens with one attached hydrogen (secondary N) is 1. The number of halogens is 2. The maximum atomic E-state index is 6.00. The van der Waals surface area contributed by atoms with E-state index in [0.717, 1.165) is 21.5 Å². The molecule has 0 aliphatic carbocycles. The fraction of sp³-hybridized carbons (Fsp3) is 0.200. The third-order valence-corrected chi connectivity index (χ3v) is 3.68. The van der Waals surface area contributed by atoms with E-state index in [1.54, 1.807) is 20.3 Å². The first-order valence-corrected chi connectivity index (χ1v) is 7.21. The Kier molecular flexibility index (Phi) is 5.15. The summed E-state index contributed by atoms with van der Waals surface area (Å²) >= 11 is 9.47. The Bertz CT molecular complexity index is 604. The fourth-order valence-corrected chi connectivity index (χ4v) is 2.46. The van der Waals surface area contributed by atoms with Crippen LogP contribution >= 0.6 is 27.5 Å². The zero-order chi connectivity index (χ0) is 14.5. The number of ether oxygens (including phenoxy) is 2. The monoisotopic (exact) mass is 355 g/mol. The Labute approximate surface area is 132 Å². The molecule has 0 radical (unpaired) electrons. The molecule has 3 nitrogen and oxygen atoms in total.